The van der Waals surface area contributed by atoms with Gasteiger partial charge in [0.1, 0.15) is 0 Å². The van der Waals surface area contributed by atoms with Crippen LogP contribution in [0.5, 0.6) is 0 Å². The smallest absolute Gasteiger partial charge is 0.255 e. The normalized spacial score (nSPS) is 31.3. The molecule has 3 rings (SSSR count). The molecule has 1 aliphatic heterocycles. The second-order valence-corrected chi connectivity index (χ2v) is 7.73. The van der Waals surface area contributed by atoms with Crippen LogP contribution in [0.1, 0.15) is 70.6 Å². The first-order valence-electron chi connectivity index (χ1n) is 9.42. The van der Waals surface area contributed by atoms with Crippen molar-refractivity contribution < 1.29 is 9.90 Å². The Hall–Kier alpha value is -0.610. The molecule has 126 valence electrons. The Morgan fingerprint density at radius 2 is 1.86 bits per heavy atom. The molecule has 0 radical (unpaired) electrons. The molecule has 1 unspecified atom stereocenters. The van der Waals surface area contributed by atoms with E-state index in [0.717, 1.165) is 31.8 Å². The summed E-state index contributed by atoms with van der Waals surface area (Å²) in [6.07, 6.45) is 13.1. The van der Waals surface area contributed by atoms with E-state index in [-0.39, 0.29) is 5.91 Å². The SMILES string of the molecule is O=C1N(CCC2CCCCC2)CCCC1(O)CNC1CCC1. The molecule has 3 fully saturated rings. The number of nitrogens with one attached hydrogen (secondary N) is 1. The van der Waals surface area contributed by atoms with E-state index in [1.54, 1.807) is 0 Å². The topological polar surface area (TPSA) is 52.6 Å². The predicted molar refractivity (Wildman–Crippen MR) is 87.6 cm³/mol. The van der Waals surface area contributed by atoms with Crippen molar-refractivity contribution in [3.05, 3.63) is 0 Å². The molecule has 1 heterocycles. The van der Waals surface area contributed by atoms with Crippen LogP contribution in [0.15, 0.2) is 0 Å². The summed E-state index contributed by atoms with van der Waals surface area (Å²) in [7, 11) is 0. The zero-order valence-electron chi connectivity index (χ0n) is 13.9. The highest BCUT2D eigenvalue weighted by molar-refractivity contribution is 5.86. The van der Waals surface area contributed by atoms with E-state index in [1.807, 2.05) is 4.90 Å². The minimum Gasteiger partial charge on any atom is -0.379 e. The molecular weight excluding hydrogens is 276 g/mol. The van der Waals surface area contributed by atoms with Crippen molar-refractivity contribution >= 4 is 5.91 Å². The fourth-order valence-electron chi connectivity index (χ4n) is 4.18. The second-order valence-electron chi connectivity index (χ2n) is 7.73. The Morgan fingerprint density at radius 1 is 1.09 bits per heavy atom. The van der Waals surface area contributed by atoms with E-state index in [1.165, 1.54) is 51.4 Å². The lowest BCUT2D eigenvalue weighted by Crippen LogP contribution is -2.59. The fraction of sp³-hybridized carbons (Fsp3) is 0.944. The Balaban J connectivity index is 1.47. The molecule has 0 aromatic rings. The molecule has 1 atom stereocenters. The summed E-state index contributed by atoms with van der Waals surface area (Å²) in [5.41, 5.74) is -1.15. The monoisotopic (exact) mass is 308 g/mol. The maximum absolute atomic E-state index is 12.7. The third-order valence-corrected chi connectivity index (χ3v) is 6.02. The van der Waals surface area contributed by atoms with Crippen LogP contribution < -0.4 is 5.32 Å². The van der Waals surface area contributed by atoms with Gasteiger partial charge in [-0.2, -0.15) is 0 Å². The van der Waals surface area contributed by atoms with Crippen molar-refractivity contribution in [2.45, 2.75) is 82.3 Å². The average molecular weight is 308 g/mol. The number of carbonyl (C=O) groups excluding carboxylic acids is 1. The molecule has 4 nitrogen and oxygen atoms in total. The summed E-state index contributed by atoms with van der Waals surface area (Å²) in [6, 6.07) is 0.523. The Kier molecular flexibility index (Phi) is 5.40. The molecule has 1 saturated heterocycles. The van der Waals surface area contributed by atoms with Crippen LogP contribution in [0.4, 0.5) is 0 Å². The summed E-state index contributed by atoms with van der Waals surface area (Å²) in [5, 5.41) is 14.2. The first-order chi connectivity index (χ1) is 10.7. The lowest BCUT2D eigenvalue weighted by Gasteiger charge is -2.40. The van der Waals surface area contributed by atoms with Gasteiger partial charge in [-0.3, -0.25) is 4.79 Å². The Morgan fingerprint density at radius 3 is 2.55 bits per heavy atom. The third kappa shape index (κ3) is 3.83. The van der Waals surface area contributed by atoms with Gasteiger partial charge >= 0.3 is 0 Å². The highest BCUT2D eigenvalue weighted by Gasteiger charge is 2.42. The number of rotatable bonds is 6. The molecule has 0 aromatic heterocycles. The molecule has 0 aromatic carbocycles. The van der Waals surface area contributed by atoms with Crippen LogP contribution in [0.2, 0.25) is 0 Å². The van der Waals surface area contributed by atoms with Gasteiger partial charge in [0, 0.05) is 25.7 Å². The lowest BCUT2D eigenvalue weighted by molar-refractivity contribution is -0.157. The molecule has 4 heteroatoms. The van der Waals surface area contributed by atoms with Gasteiger partial charge in [0.05, 0.1) is 0 Å². The number of carbonyl (C=O) groups is 1. The maximum atomic E-state index is 12.7. The van der Waals surface area contributed by atoms with Gasteiger partial charge in [0.15, 0.2) is 5.60 Å². The van der Waals surface area contributed by atoms with Crippen LogP contribution in [0.25, 0.3) is 0 Å². The summed E-state index contributed by atoms with van der Waals surface area (Å²) in [6.45, 7) is 2.11. The number of nitrogens with zero attached hydrogens (tertiary/aromatic N) is 1. The highest BCUT2D eigenvalue weighted by atomic mass is 16.3. The summed E-state index contributed by atoms with van der Waals surface area (Å²) in [4.78, 5) is 14.6. The van der Waals surface area contributed by atoms with E-state index in [0.29, 0.717) is 19.0 Å². The van der Waals surface area contributed by atoms with Crippen LogP contribution in [-0.4, -0.2) is 47.2 Å². The minimum atomic E-state index is -1.15. The maximum Gasteiger partial charge on any atom is 0.255 e. The van der Waals surface area contributed by atoms with Crippen molar-refractivity contribution in [3.63, 3.8) is 0 Å². The molecule has 2 saturated carbocycles. The quantitative estimate of drug-likeness (QED) is 0.792. The van der Waals surface area contributed by atoms with Crippen molar-refractivity contribution in [1.29, 1.82) is 0 Å². The van der Waals surface area contributed by atoms with E-state index in [9.17, 15) is 9.90 Å². The lowest BCUT2D eigenvalue weighted by atomic mass is 9.86. The standard InChI is InChI=1S/C18H32N2O2/c21-17-18(22,14-19-16-8-4-9-16)11-5-12-20(17)13-10-15-6-2-1-3-7-15/h15-16,19,22H,1-14H2. The van der Waals surface area contributed by atoms with Gasteiger partial charge in [-0.1, -0.05) is 38.5 Å². The van der Waals surface area contributed by atoms with E-state index in [4.69, 9.17) is 0 Å². The number of aliphatic hydroxyl groups is 1. The number of hydrogen-bond acceptors (Lipinski definition) is 3. The van der Waals surface area contributed by atoms with Gasteiger partial charge < -0.3 is 15.3 Å². The predicted octanol–water partition coefficient (Wildman–Crippen LogP) is 2.45. The first kappa shape index (κ1) is 16.3. The van der Waals surface area contributed by atoms with Crippen molar-refractivity contribution in [2.75, 3.05) is 19.6 Å². The van der Waals surface area contributed by atoms with Gasteiger partial charge in [0.25, 0.3) is 5.91 Å². The fourth-order valence-corrected chi connectivity index (χ4v) is 4.18. The average Bonchev–Trinajstić information content (AvgIpc) is 2.48. The Labute approximate surface area is 134 Å². The number of amides is 1. The molecule has 0 spiro atoms. The van der Waals surface area contributed by atoms with Crippen LogP contribution in [-0.2, 0) is 4.79 Å². The summed E-state index contributed by atoms with van der Waals surface area (Å²) < 4.78 is 0. The zero-order chi connectivity index (χ0) is 15.4. The largest absolute Gasteiger partial charge is 0.379 e. The molecule has 1 amide bonds. The third-order valence-electron chi connectivity index (χ3n) is 6.02. The second kappa shape index (κ2) is 7.31. The van der Waals surface area contributed by atoms with Gasteiger partial charge in [-0.15, -0.1) is 0 Å². The molecule has 0 bridgehead atoms. The van der Waals surface area contributed by atoms with Crippen molar-refractivity contribution in [1.82, 2.24) is 10.2 Å². The zero-order valence-corrected chi connectivity index (χ0v) is 13.9. The molecule has 3 aliphatic rings. The molecular formula is C18H32N2O2. The number of hydrogen-bond donors (Lipinski definition) is 2. The first-order valence-corrected chi connectivity index (χ1v) is 9.42. The van der Waals surface area contributed by atoms with Crippen molar-refractivity contribution in [2.24, 2.45) is 5.92 Å². The molecule has 2 aliphatic carbocycles. The van der Waals surface area contributed by atoms with Crippen LogP contribution in [0, 0.1) is 5.92 Å². The van der Waals surface area contributed by atoms with Gasteiger partial charge in [-0.25, -0.2) is 0 Å². The Bertz CT molecular complexity index is 377. The summed E-state index contributed by atoms with van der Waals surface area (Å²) >= 11 is 0. The number of likely N-dealkylation sites (tertiary alicyclic amines) is 1. The van der Waals surface area contributed by atoms with Crippen LogP contribution >= 0.6 is 0 Å². The van der Waals surface area contributed by atoms with Gasteiger partial charge in [-0.05, 0) is 38.0 Å². The van der Waals surface area contributed by atoms with Gasteiger partial charge in [0.2, 0.25) is 0 Å². The highest BCUT2D eigenvalue weighted by Crippen LogP contribution is 2.29. The van der Waals surface area contributed by atoms with E-state index < -0.39 is 5.60 Å². The molecule has 2 N–H and O–H groups in total. The molecule has 22 heavy (non-hydrogen) atoms. The number of piperidine rings is 1. The van der Waals surface area contributed by atoms with E-state index in [2.05, 4.69) is 5.32 Å². The van der Waals surface area contributed by atoms with Crippen molar-refractivity contribution in [3.8, 4) is 0 Å². The summed E-state index contributed by atoms with van der Waals surface area (Å²) in [5.74, 6) is 0.769. The minimum absolute atomic E-state index is 0.0265. The van der Waals surface area contributed by atoms with Crippen LogP contribution in [0.3, 0.4) is 0 Å². The van der Waals surface area contributed by atoms with E-state index >= 15 is 0 Å².